The molecule has 0 heterocycles. The standard InChI is InChI=1S/C12H25N3O/c1-10(8-13-2)9-14-12(16)15-11-6-4-3-5-7-11/h10-11,13H,3-9H2,1-2H3,(H2,14,15,16). The van der Waals surface area contributed by atoms with Crippen LogP contribution in [-0.4, -0.2) is 32.2 Å². The van der Waals surface area contributed by atoms with Gasteiger partial charge in [-0.1, -0.05) is 26.2 Å². The first kappa shape index (κ1) is 13.3. The molecule has 0 radical (unpaired) electrons. The van der Waals surface area contributed by atoms with Gasteiger partial charge < -0.3 is 16.0 Å². The smallest absolute Gasteiger partial charge is 0.315 e. The summed E-state index contributed by atoms with van der Waals surface area (Å²) in [5.41, 5.74) is 0. The molecule has 1 rings (SSSR count). The lowest BCUT2D eigenvalue weighted by Crippen LogP contribution is -2.44. The van der Waals surface area contributed by atoms with Crippen LogP contribution in [0.3, 0.4) is 0 Å². The van der Waals surface area contributed by atoms with Gasteiger partial charge in [0.25, 0.3) is 0 Å². The summed E-state index contributed by atoms with van der Waals surface area (Å²) in [6.07, 6.45) is 6.10. The molecule has 0 aromatic rings. The van der Waals surface area contributed by atoms with Crippen LogP contribution in [0.1, 0.15) is 39.0 Å². The fourth-order valence-electron chi connectivity index (χ4n) is 2.17. The van der Waals surface area contributed by atoms with Crippen LogP contribution in [0.2, 0.25) is 0 Å². The maximum atomic E-state index is 11.6. The van der Waals surface area contributed by atoms with Crippen molar-refractivity contribution in [1.29, 1.82) is 0 Å². The van der Waals surface area contributed by atoms with Crippen LogP contribution < -0.4 is 16.0 Å². The number of carbonyl (C=O) groups excluding carboxylic acids is 1. The van der Waals surface area contributed by atoms with Gasteiger partial charge >= 0.3 is 6.03 Å². The van der Waals surface area contributed by atoms with Gasteiger partial charge in [0.15, 0.2) is 0 Å². The third-order valence-electron chi connectivity index (χ3n) is 3.10. The number of urea groups is 1. The highest BCUT2D eigenvalue weighted by Crippen LogP contribution is 2.17. The molecule has 1 aliphatic rings. The first-order chi connectivity index (χ1) is 7.72. The van der Waals surface area contributed by atoms with Gasteiger partial charge in [-0.3, -0.25) is 0 Å². The second kappa shape index (κ2) is 7.49. The Hall–Kier alpha value is -0.770. The maximum absolute atomic E-state index is 11.6. The van der Waals surface area contributed by atoms with Crippen molar-refractivity contribution in [2.45, 2.75) is 45.1 Å². The second-order valence-electron chi connectivity index (χ2n) is 4.85. The molecule has 94 valence electrons. The van der Waals surface area contributed by atoms with E-state index in [1.807, 2.05) is 7.05 Å². The summed E-state index contributed by atoms with van der Waals surface area (Å²) in [4.78, 5) is 11.6. The molecule has 3 N–H and O–H groups in total. The van der Waals surface area contributed by atoms with Crippen molar-refractivity contribution in [3.05, 3.63) is 0 Å². The van der Waals surface area contributed by atoms with E-state index in [2.05, 4.69) is 22.9 Å². The Balaban J connectivity index is 2.10. The molecular formula is C12H25N3O. The van der Waals surface area contributed by atoms with Gasteiger partial charge in [-0.2, -0.15) is 0 Å². The zero-order valence-corrected chi connectivity index (χ0v) is 10.5. The molecule has 1 fully saturated rings. The number of amides is 2. The third kappa shape index (κ3) is 5.35. The van der Waals surface area contributed by atoms with Gasteiger partial charge in [0.2, 0.25) is 0 Å². The van der Waals surface area contributed by atoms with E-state index in [1.54, 1.807) is 0 Å². The van der Waals surface area contributed by atoms with Gasteiger partial charge in [-0.25, -0.2) is 4.79 Å². The summed E-state index contributed by atoms with van der Waals surface area (Å²) in [6.45, 7) is 3.79. The number of hydrogen-bond donors (Lipinski definition) is 3. The quantitative estimate of drug-likeness (QED) is 0.666. The van der Waals surface area contributed by atoms with Crippen LogP contribution in [0.5, 0.6) is 0 Å². The summed E-state index contributed by atoms with van der Waals surface area (Å²) in [5, 5.41) is 9.07. The summed E-state index contributed by atoms with van der Waals surface area (Å²) in [6, 6.07) is 0.392. The van der Waals surface area contributed by atoms with Crippen LogP contribution >= 0.6 is 0 Å². The SMILES string of the molecule is CNCC(C)CNC(=O)NC1CCCCC1. The summed E-state index contributed by atoms with van der Waals surface area (Å²) >= 11 is 0. The lowest BCUT2D eigenvalue weighted by atomic mass is 9.96. The van der Waals surface area contributed by atoms with Gasteiger partial charge in [-0.15, -0.1) is 0 Å². The zero-order valence-electron chi connectivity index (χ0n) is 10.5. The van der Waals surface area contributed by atoms with Crippen LogP contribution in [0, 0.1) is 5.92 Å². The van der Waals surface area contributed by atoms with Gasteiger partial charge in [0.1, 0.15) is 0 Å². The molecule has 1 atom stereocenters. The molecular weight excluding hydrogens is 202 g/mol. The van der Waals surface area contributed by atoms with E-state index in [0.717, 1.165) is 25.9 Å². The van der Waals surface area contributed by atoms with Crippen LogP contribution in [-0.2, 0) is 0 Å². The highest BCUT2D eigenvalue weighted by atomic mass is 16.2. The number of nitrogens with one attached hydrogen (secondary N) is 3. The van der Waals surface area contributed by atoms with E-state index in [0.29, 0.717) is 12.0 Å². The molecule has 2 amide bonds. The van der Waals surface area contributed by atoms with Crippen molar-refractivity contribution in [3.63, 3.8) is 0 Å². The lowest BCUT2D eigenvalue weighted by molar-refractivity contribution is 0.231. The fraction of sp³-hybridized carbons (Fsp3) is 0.917. The Morgan fingerprint density at radius 2 is 1.94 bits per heavy atom. The highest BCUT2D eigenvalue weighted by Gasteiger charge is 2.15. The van der Waals surface area contributed by atoms with Crippen molar-refractivity contribution in [3.8, 4) is 0 Å². The minimum absolute atomic E-state index is 0.00477. The number of rotatable bonds is 5. The minimum Gasteiger partial charge on any atom is -0.338 e. The minimum atomic E-state index is -0.00477. The van der Waals surface area contributed by atoms with E-state index in [4.69, 9.17) is 0 Å². The predicted octanol–water partition coefficient (Wildman–Crippen LogP) is 1.47. The first-order valence-electron chi connectivity index (χ1n) is 6.41. The number of carbonyl (C=O) groups is 1. The molecule has 1 saturated carbocycles. The normalized spacial score (nSPS) is 19.1. The maximum Gasteiger partial charge on any atom is 0.315 e. The van der Waals surface area contributed by atoms with Crippen LogP contribution in [0.15, 0.2) is 0 Å². The molecule has 0 aromatic heterocycles. The van der Waals surface area contributed by atoms with E-state index in [-0.39, 0.29) is 6.03 Å². The van der Waals surface area contributed by atoms with Crippen LogP contribution in [0.4, 0.5) is 4.79 Å². The van der Waals surface area contributed by atoms with E-state index >= 15 is 0 Å². The van der Waals surface area contributed by atoms with Gasteiger partial charge in [0, 0.05) is 12.6 Å². The molecule has 0 aliphatic heterocycles. The predicted molar refractivity (Wildman–Crippen MR) is 66.5 cm³/mol. The summed E-state index contributed by atoms with van der Waals surface area (Å²) in [7, 11) is 1.93. The Bertz CT molecular complexity index is 202. The van der Waals surface area contributed by atoms with E-state index in [9.17, 15) is 4.79 Å². The summed E-state index contributed by atoms with van der Waals surface area (Å²) < 4.78 is 0. The van der Waals surface area contributed by atoms with E-state index < -0.39 is 0 Å². The molecule has 4 nitrogen and oxygen atoms in total. The molecule has 1 aliphatic carbocycles. The molecule has 0 bridgehead atoms. The van der Waals surface area contributed by atoms with Crippen molar-refractivity contribution < 1.29 is 4.79 Å². The Morgan fingerprint density at radius 3 is 2.56 bits per heavy atom. The summed E-state index contributed by atoms with van der Waals surface area (Å²) in [5.74, 6) is 0.474. The average Bonchev–Trinajstić information content (AvgIpc) is 2.28. The fourth-order valence-corrected chi connectivity index (χ4v) is 2.17. The van der Waals surface area contributed by atoms with E-state index in [1.165, 1.54) is 19.3 Å². The van der Waals surface area contributed by atoms with Crippen molar-refractivity contribution in [2.75, 3.05) is 20.1 Å². The molecule has 0 aromatic carbocycles. The monoisotopic (exact) mass is 227 g/mol. The van der Waals surface area contributed by atoms with Crippen molar-refractivity contribution in [1.82, 2.24) is 16.0 Å². The van der Waals surface area contributed by atoms with Crippen molar-refractivity contribution in [2.24, 2.45) is 5.92 Å². The first-order valence-corrected chi connectivity index (χ1v) is 6.41. The third-order valence-corrected chi connectivity index (χ3v) is 3.10. The molecule has 0 saturated heterocycles. The van der Waals surface area contributed by atoms with Gasteiger partial charge in [0.05, 0.1) is 0 Å². The van der Waals surface area contributed by atoms with Crippen molar-refractivity contribution >= 4 is 6.03 Å². The van der Waals surface area contributed by atoms with Gasteiger partial charge in [-0.05, 0) is 32.4 Å². The topological polar surface area (TPSA) is 53.2 Å². The molecule has 1 unspecified atom stereocenters. The number of hydrogen-bond acceptors (Lipinski definition) is 2. The average molecular weight is 227 g/mol. The van der Waals surface area contributed by atoms with Crippen LogP contribution in [0.25, 0.3) is 0 Å². The largest absolute Gasteiger partial charge is 0.338 e. The Labute approximate surface area is 98.6 Å². The molecule has 0 spiro atoms. The second-order valence-corrected chi connectivity index (χ2v) is 4.85. The molecule has 4 heteroatoms. The lowest BCUT2D eigenvalue weighted by Gasteiger charge is -2.23. The Morgan fingerprint density at radius 1 is 1.25 bits per heavy atom. The highest BCUT2D eigenvalue weighted by molar-refractivity contribution is 5.74. The zero-order chi connectivity index (χ0) is 11.8. The Kier molecular flexibility index (Phi) is 6.23. The molecule has 16 heavy (non-hydrogen) atoms.